The number of hydrogen-bond donors (Lipinski definition) is 0. The van der Waals surface area contributed by atoms with Crippen molar-refractivity contribution in [2.75, 3.05) is 6.54 Å². The zero-order valence-corrected chi connectivity index (χ0v) is 14.7. The number of amides is 1. The van der Waals surface area contributed by atoms with Crippen LogP contribution in [0.25, 0.3) is 11.5 Å². The molecule has 130 valence electrons. The average Bonchev–Trinajstić information content (AvgIpc) is 3.23. The van der Waals surface area contributed by atoms with Gasteiger partial charge in [0.15, 0.2) is 5.69 Å². The van der Waals surface area contributed by atoms with E-state index in [1.54, 1.807) is 30.0 Å². The summed E-state index contributed by atoms with van der Waals surface area (Å²) in [6.07, 6.45) is 0.786. The Hall–Kier alpha value is -2.67. The summed E-state index contributed by atoms with van der Waals surface area (Å²) in [5.41, 5.74) is 0.917. The lowest BCUT2D eigenvalue weighted by molar-refractivity contribution is 0.0718. The minimum absolute atomic E-state index is 0.191. The molecule has 0 unspecified atom stereocenters. The number of benzene rings is 1. The third kappa shape index (κ3) is 3.88. The van der Waals surface area contributed by atoms with Crippen LogP contribution in [0.15, 0.2) is 39.3 Å². The maximum atomic E-state index is 12.6. The van der Waals surface area contributed by atoms with Crippen LogP contribution in [0, 0.1) is 6.92 Å². The number of carbonyl (C=O) groups is 1. The highest BCUT2D eigenvalue weighted by Gasteiger charge is 2.21. The van der Waals surface area contributed by atoms with Gasteiger partial charge in [0.1, 0.15) is 5.76 Å². The van der Waals surface area contributed by atoms with Crippen LogP contribution in [0.5, 0.6) is 0 Å². The fourth-order valence-electron chi connectivity index (χ4n) is 2.38. The van der Waals surface area contributed by atoms with E-state index < -0.39 is 0 Å². The van der Waals surface area contributed by atoms with E-state index in [1.807, 2.05) is 19.1 Å². The summed E-state index contributed by atoms with van der Waals surface area (Å²) >= 11 is 6.15. The molecule has 0 bridgehead atoms. The first-order chi connectivity index (χ1) is 12.1. The van der Waals surface area contributed by atoms with Gasteiger partial charge in [0.05, 0.1) is 17.1 Å². The molecular weight excluding hydrogens is 344 g/mol. The van der Waals surface area contributed by atoms with E-state index >= 15 is 0 Å². The molecule has 2 aromatic heterocycles. The lowest BCUT2D eigenvalue weighted by atomic mass is 10.2. The highest BCUT2D eigenvalue weighted by molar-refractivity contribution is 6.33. The molecule has 3 aromatic rings. The predicted molar refractivity (Wildman–Crippen MR) is 91.0 cm³/mol. The highest BCUT2D eigenvalue weighted by atomic mass is 35.5. The van der Waals surface area contributed by atoms with E-state index in [1.165, 1.54) is 0 Å². The molecule has 0 aliphatic heterocycles. The highest BCUT2D eigenvalue weighted by Crippen LogP contribution is 2.26. The summed E-state index contributed by atoms with van der Waals surface area (Å²) in [7, 11) is 0. The van der Waals surface area contributed by atoms with Crippen LogP contribution in [-0.4, -0.2) is 32.7 Å². The third-order valence-corrected chi connectivity index (χ3v) is 3.85. The van der Waals surface area contributed by atoms with Gasteiger partial charge in [0, 0.05) is 12.6 Å². The van der Waals surface area contributed by atoms with Gasteiger partial charge >= 0.3 is 0 Å². The van der Waals surface area contributed by atoms with Crippen LogP contribution in [-0.2, 0) is 6.54 Å². The molecule has 0 radical (unpaired) electrons. The lowest BCUT2D eigenvalue weighted by Crippen LogP contribution is -2.31. The second-order valence-corrected chi connectivity index (χ2v) is 5.94. The normalized spacial score (nSPS) is 10.8. The zero-order chi connectivity index (χ0) is 17.8. The Kier molecular flexibility index (Phi) is 5.14. The average molecular weight is 361 g/mol. The molecule has 0 fully saturated rings. The molecule has 0 aliphatic carbocycles. The number of aromatic nitrogens is 3. The zero-order valence-electron chi connectivity index (χ0n) is 13.9. The van der Waals surface area contributed by atoms with Crippen LogP contribution in [0.4, 0.5) is 0 Å². The van der Waals surface area contributed by atoms with Gasteiger partial charge in [0.25, 0.3) is 5.91 Å². The SMILES string of the molecule is CCCN(Cc1nnc(-c2ccccc2Cl)o1)C(=O)c1cc(C)on1. The molecule has 0 atom stereocenters. The van der Waals surface area contributed by atoms with Crippen LogP contribution in [0.1, 0.15) is 35.5 Å². The number of rotatable bonds is 6. The van der Waals surface area contributed by atoms with Crippen molar-refractivity contribution in [3.63, 3.8) is 0 Å². The smallest absolute Gasteiger partial charge is 0.276 e. The first-order valence-electron chi connectivity index (χ1n) is 7.88. The second kappa shape index (κ2) is 7.48. The molecule has 8 heteroatoms. The Morgan fingerprint density at radius 2 is 2.08 bits per heavy atom. The molecular formula is C17H17ClN4O3. The molecule has 0 aliphatic rings. The van der Waals surface area contributed by atoms with Crippen molar-refractivity contribution in [3.05, 3.63) is 52.7 Å². The summed E-state index contributed by atoms with van der Waals surface area (Å²) in [6.45, 7) is 4.45. The van der Waals surface area contributed by atoms with E-state index in [4.69, 9.17) is 20.5 Å². The van der Waals surface area contributed by atoms with Crippen molar-refractivity contribution in [2.45, 2.75) is 26.8 Å². The third-order valence-electron chi connectivity index (χ3n) is 3.53. The van der Waals surface area contributed by atoms with Crippen molar-refractivity contribution >= 4 is 17.5 Å². The van der Waals surface area contributed by atoms with Crippen LogP contribution in [0.3, 0.4) is 0 Å². The van der Waals surface area contributed by atoms with Crippen molar-refractivity contribution in [1.82, 2.24) is 20.3 Å². The van der Waals surface area contributed by atoms with Crippen molar-refractivity contribution in [3.8, 4) is 11.5 Å². The maximum Gasteiger partial charge on any atom is 0.276 e. The Morgan fingerprint density at radius 1 is 1.28 bits per heavy atom. The van der Waals surface area contributed by atoms with Crippen LogP contribution < -0.4 is 0 Å². The van der Waals surface area contributed by atoms with Gasteiger partial charge in [-0.3, -0.25) is 4.79 Å². The Balaban J connectivity index is 1.79. The Labute approximate surface area is 149 Å². The molecule has 0 saturated carbocycles. The van der Waals surface area contributed by atoms with Crippen LogP contribution in [0.2, 0.25) is 5.02 Å². The van der Waals surface area contributed by atoms with Gasteiger partial charge in [-0.05, 0) is 25.5 Å². The van der Waals surface area contributed by atoms with Gasteiger partial charge in [-0.2, -0.15) is 0 Å². The largest absolute Gasteiger partial charge is 0.419 e. The molecule has 0 saturated heterocycles. The molecule has 25 heavy (non-hydrogen) atoms. The van der Waals surface area contributed by atoms with Gasteiger partial charge in [-0.1, -0.05) is 35.8 Å². The van der Waals surface area contributed by atoms with Gasteiger partial charge in [0.2, 0.25) is 11.8 Å². The first-order valence-corrected chi connectivity index (χ1v) is 8.26. The summed E-state index contributed by atoms with van der Waals surface area (Å²) in [5.74, 6) is 0.994. The number of carbonyl (C=O) groups excluding carboxylic acids is 1. The summed E-state index contributed by atoms with van der Waals surface area (Å²) in [6, 6.07) is 8.82. The van der Waals surface area contributed by atoms with Gasteiger partial charge in [-0.25, -0.2) is 0 Å². The molecule has 1 aromatic carbocycles. The molecule has 2 heterocycles. The minimum atomic E-state index is -0.240. The fourth-order valence-corrected chi connectivity index (χ4v) is 2.59. The van der Waals surface area contributed by atoms with E-state index in [-0.39, 0.29) is 18.1 Å². The molecule has 0 spiro atoms. The molecule has 7 nitrogen and oxygen atoms in total. The molecule has 1 amide bonds. The van der Waals surface area contributed by atoms with E-state index in [0.717, 1.165) is 6.42 Å². The number of halogens is 1. The first kappa shape index (κ1) is 17.2. The quantitative estimate of drug-likeness (QED) is 0.665. The minimum Gasteiger partial charge on any atom is -0.419 e. The number of aryl methyl sites for hydroxylation is 1. The van der Waals surface area contributed by atoms with E-state index in [2.05, 4.69) is 15.4 Å². The standard InChI is InChI=1S/C17H17ClN4O3/c1-3-8-22(17(23)14-9-11(2)25-21-14)10-15-19-20-16(24-15)12-6-4-5-7-13(12)18/h4-7,9H,3,8,10H2,1-2H3. The predicted octanol–water partition coefficient (Wildman–Crippen LogP) is 3.74. The molecule has 3 rings (SSSR count). The monoisotopic (exact) mass is 360 g/mol. The Bertz CT molecular complexity index is 874. The van der Waals surface area contributed by atoms with Gasteiger partial charge in [-0.15, -0.1) is 10.2 Å². The van der Waals surface area contributed by atoms with E-state index in [0.29, 0.717) is 34.7 Å². The number of hydrogen-bond acceptors (Lipinski definition) is 6. The van der Waals surface area contributed by atoms with Crippen molar-refractivity contribution in [1.29, 1.82) is 0 Å². The van der Waals surface area contributed by atoms with Gasteiger partial charge < -0.3 is 13.8 Å². The fraction of sp³-hybridized carbons (Fsp3) is 0.294. The summed E-state index contributed by atoms with van der Waals surface area (Å²) in [5, 5.41) is 12.3. The molecule has 0 N–H and O–H groups in total. The topological polar surface area (TPSA) is 85.3 Å². The number of nitrogens with zero attached hydrogens (tertiary/aromatic N) is 4. The van der Waals surface area contributed by atoms with Crippen molar-refractivity contribution < 1.29 is 13.7 Å². The van der Waals surface area contributed by atoms with E-state index in [9.17, 15) is 4.79 Å². The second-order valence-electron chi connectivity index (χ2n) is 5.53. The summed E-state index contributed by atoms with van der Waals surface area (Å²) in [4.78, 5) is 14.2. The maximum absolute atomic E-state index is 12.6. The van der Waals surface area contributed by atoms with Crippen LogP contribution >= 0.6 is 11.6 Å². The Morgan fingerprint density at radius 3 is 2.76 bits per heavy atom. The summed E-state index contributed by atoms with van der Waals surface area (Å²) < 4.78 is 10.6. The van der Waals surface area contributed by atoms with Crippen molar-refractivity contribution in [2.24, 2.45) is 0 Å². The lowest BCUT2D eigenvalue weighted by Gasteiger charge is -2.18.